The molecule has 0 spiro atoms. The SMILES string of the molecule is CC[C](C(C)C)C(C)(C)C. The van der Waals surface area contributed by atoms with Crippen LogP contribution in [0.1, 0.15) is 48.0 Å². The molecule has 1 radical (unpaired) electrons. The maximum Gasteiger partial charge on any atom is -0.0165 e. The molecule has 0 saturated heterocycles. The summed E-state index contributed by atoms with van der Waals surface area (Å²) in [6.07, 6.45) is 1.22. The Morgan fingerprint density at radius 3 is 1.60 bits per heavy atom. The van der Waals surface area contributed by atoms with Gasteiger partial charge in [-0.05, 0) is 23.7 Å². The van der Waals surface area contributed by atoms with Gasteiger partial charge in [0.2, 0.25) is 0 Å². The fourth-order valence-electron chi connectivity index (χ4n) is 1.80. The first-order valence-corrected chi connectivity index (χ1v) is 4.25. The van der Waals surface area contributed by atoms with Crippen LogP contribution in [0.25, 0.3) is 0 Å². The molecule has 0 bridgehead atoms. The number of hydrogen-bond acceptors (Lipinski definition) is 0. The van der Waals surface area contributed by atoms with E-state index in [-0.39, 0.29) is 0 Å². The number of hydrogen-bond donors (Lipinski definition) is 0. The van der Waals surface area contributed by atoms with Crippen molar-refractivity contribution in [2.45, 2.75) is 48.0 Å². The Labute approximate surface area is 66.0 Å². The van der Waals surface area contributed by atoms with Gasteiger partial charge in [-0.25, -0.2) is 0 Å². The van der Waals surface area contributed by atoms with Gasteiger partial charge in [0.15, 0.2) is 0 Å². The van der Waals surface area contributed by atoms with Crippen LogP contribution in [0.15, 0.2) is 0 Å². The van der Waals surface area contributed by atoms with Crippen molar-refractivity contribution in [3.8, 4) is 0 Å². The highest BCUT2D eigenvalue weighted by Gasteiger charge is 2.25. The lowest BCUT2D eigenvalue weighted by molar-refractivity contribution is 0.349. The van der Waals surface area contributed by atoms with E-state index in [9.17, 15) is 0 Å². The minimum atomic E-state index is 0.406. The van der Waals surface area contributed by atoms with Crippen LogP contribution in [0.2, 0.25) is 0 Å². The van der Waals surface area contributed by atoms with E-state index in [0.717, 1.165) is 5.92 Å². The third kappa shape index (κ3) is 2.72. The van der Waals surface area contributed by atoms with Crippen LogP contribution in [0, 0.1) is 17.3 Å². The standard InChI is InChI=1S/C10H21/c1-7-9(8(2)3)10(4,5)6/h8H,7H2,1-6H3. The summed E-state index contributed by atoms with van der Waals surface area (Å²) < 4.78 is 0. The van der Waals surface area contributed by atoms with Crippen LogP contribution in [-0.4, -0.2) is 0 Å². The minimum Gasteiger partial charge on any atom is -0.0648 e. The molecule has 0 rings (SSSR count). The van der Waals surface area contributed by atoms with Crippen molar-refractivity contribution in [3.63, 3.8) is 0 Å². The summed E-state index contributed by atoms with van der Waals surface area (Å²) in [5.74, 6) is 2.41. The first-order chi connectivity index (χ1) is 4.39. The molecule has 0 N–H and O–H groups in total. The van der Waals surface area contributed by atoms with Crippen LogP contribution in [-0.2, 0) is 0 Å². The van der Waals surface area contributed by atoms with Gasteiger partial charge < -0.3 is 0 Å². The maximum atomic E-state index is 2.30. The summed E-state index contributed by atoms with van der Waals surface area (Å²) >= 11 is 0. The zero-order valence-electron chi connectivity index (χ0n) is 8.28. The average Bonchev–Trinajstić information content (AvgIpc) is 1.60. The maximum absolute atomic E-state index is 2.30. The first-order valence-electron chi connectivity index (χ1n) is 4.25. The van der Waals surface area contributed by atoms with Crippen molar-refractivity contribution < 1.29 is 0 Å². The highest BCUT2D eigenvalue weighted by Crippen LogP contribution is 2.36. The Balaban J connectivity index is 4.07. The van der Waals surface area contributed by atoms with Gasteiger partial charge in [0, 0.05) is 0 Å². The Morgan fingerprint density at radius 1 is 1.20 bits per heavy atom. The molecule has 0 unspecified atom stereocenters. The summed E-state index contributed by atoms with van der Waals surface area (Å²) in [6, 6.07) is 0. The zero-order chi connectivity index (χ0) is 8.36. The fraction of sp³-hybridized carbons (Fsp3) is 0.900. The lowest BCUT2D eigenvalue weighted by Gasteiger charge is -2.32. The highest BCUT2D eigenvalue weighted by molar-refractivity contribution is 5.01. The smallest absolute Gasteiger partial charge is 0.0165 e. The van der Waals surface area contributed by atoms with Crippen LogP contribution in [0.4, 0.5) is 0 Å². The highest BCUT2D eigenvalue weighted by atomic mass is 14.3. The van der Waals surface area contributed by atoms with Crippen molar-refractivity contribution in [3.05, 3.63) is 5.92 Å². The minimum absolute atomic E-state index is 0.406. The van der Waals surface area contributed by atoms with Crippen LogP contribution < -0.4 is 0 Å². The lowest BCUT2D eigenvalue weighted by Crippen LogP contribution is -2.22. The van der Waals surface area contributed by atoms with E-state index in [1.165, 1.54) is 6.42 Å². The largest absolute Gasteiger partial charge is 0.0648 e. The molecule has 0 aromatic heterocycles. The fourth-order valence-corrected chi connectivity index (χ4v) is 1.80. The Bertz CT molecular complexity index is 84.7. The predicted octanol–water partition coefficient (Wildman–Crippen LogP) is 3.67. The second-order valence-electron chi connectivity index (χ2n) is 4.28. The van der Waals surface area contributed by atoms with Gasteiger partial charge in [-0.2, -0.15) is 0 Å². The summed E-state index contributed by atoms with van der Waals surface area (Å²) in [5, 5.41) is 0. The normalized spacial score (nSPS) is 13.2. The molecule has 0 heteroatoms. The second kappa shape index (κ2) is 3.41. The average molecular weight is 141 g/mol. The molecular weight excluding hydrogens is 120 g/mol. The van der Waals surface area contributed by atoms with Gasteiger partial charge in [0.05, 0.1) is 0 Å². The van der Waals surface area contributed by atoms with Crippen molar-refractivity contribution >= 4 is 0 Å². The molecule has 0 amide bonds. The molecule has 0 aliphatic rings. The quantitative estimate of drug-likeness (QED) is 0.550. The van der Waals surface area contributed by atoms with Crippen molar-refractivity contribution in [1.29, 1.82) is 0 Å². The molecule has 0 aromatic carbocycles. The summed E-state index contributed by atoms with van der Waals surface area (Å²) in [4.78, 5) is 0. The van der Waals surface area contributed by atoms with Crippen LogP contribution >= 0.6 is 0 Å². The van der Waals surface area contributed by atoms with Gasteiger partial charge in [-0.3, -0.25) is 0 Å². The molecule has 0 nitrogen and oxygen atoms in total. The molecule has 0 aliphatic heterocycles. The van der Waals surface area contributed by atoms with E-state index in [0.29, 0.717) is 5.41 Å². The number of rotatable bonds is 2. The topological polar surface area (TPSA) is 0 Å². The van der Waals surface area contributed by atoms with Gasteiger partial charge in [0.25, 0.3) is 0 Å². The van der Waals surface area contributed by atoms with Crippen molar-refractivity contribution in [1.82, 2.24) is 0 Å². The van der Waals surface area contributed by atoms with E-state index >= 15 is 0 Å². The van der Waals surface area contributed by atoms with Gasteiger partial charge in [-0.15, -0.1) is 0 Å². The molecule has 0 fully saturated rings. The lowest BCUT2D eigenvalue weighted by atomic mass is 9.73. The molecule has 61 valence electrons. The first kappa shape index (κ1) is 10.0. The molecule has 0 aliphatic carbocycles. The predicted molar refractivity (Wildman–Crippen MR) is 47.8 cm³/mol. The zero-order valence-corrected chi connectivity index (χ0v) is 8.28. The van der Waals surface area contributed by atoms with E-state index in [2.05, 4.69) is 41.5 Å². The molecule has 0 saturated carbocycles. The van der Waals surface area contributed by atoms with E-state index in [1.807, 2.05) is 0 Å². The van der Waals surface area contributed by atoms with Crippen LogP contribution in [0.5, 0.6) is 0 Å². The summed E-state index contributed by atoms with van der Waals surface area (Å²) in [6.45, 7) is 13.7. The third-order valence-corrected chi connectivity index (χ3v) is 2.04. The Kier molecular flexibility index (Phi) is 3.41. The Hall–Kier alpha value is 0. The summed E-state index contributed by atoms with van der Waals surface area (Å²) in [5.41, 5.74) is 0.406. The Morgan fingerprint density at radius 2 is 1.60 bits per heavy atom. The molecule has 0 aromatic rings. The monoisotopic (exact) mass is 141 g/mol. The van der Waals surface area contributed by atoms with Gasteiger partial charge >= 0.3 is 0 Å². The van der Waals surface area contributed by atoms with Gasteiger partial charge in [-0.1, -0.05) is 41.5 Å². The van der Waals surface area contributed by atoms with Gasteiger partial charge in [0.1, 0.15) is 0 Å². The van der Waals surface area contributed by atoms with Crippen molar-refractivity contribution in [2.75, 3.05) is 0 Å². The molecule has 10 heavy (non-hydrogen) atoms. The molecular formula is C10H21. The van der Waals surface area contributed by atoms with Crippen LogP contribution in [0.3, 0.4) is 0 Å². The molecule has 0 atom stereocenters. The molecule has 0 heterocycles. The van der Waals surface area contributed by atoms with E-state index < -0.39 is 0 Å². The summed E-state index contributed by atoms with van der Waals surface area (Å²) in [7, 11) is 0. The third-order valence-electron chi connectivity index (χ3n) is 2.04. The van der Waals surface area contributed by atoms with E-state index in [1.54, 1.807) is 5.92 Å². The second-order valence-corrected chi connectivity index (χ2v) is 4.28. The van der Waals surface area contributed by atoms with Crippen molar-refractivity contribution in [2.24, 2.45) is 11.3 Å². The van der Waals surface area contributed by atoms with E-state index in [4.69, 9.17) is 0 Å².